The molecular weight excluding hydrogens is 216 g/mol. The molecule has 17 heavy (non-hydrogen) atoms. The molecule has 4 heteroatoms. The summed E-state index contributed by atoms with van der Waals surface area (Å²) in [6.07, 6.45) is 2.19. The number of ether oxygens (including phenoxy) is 1. The first-order valence-corrected chi connectivity index (χ1v) is 5.62. The first-order valence-electron chi connectivity index (χ1n) is 5.62. The summed E-state index contributed by atoms with van der Waals surface area (Å²) in [5.74, 6) is 1.09. The van der Waals surface area contributed by atoms with E-state index in [-0.39, 0.29) is 5.60 Å². The van der Waals surface area contributed by atoms with Crippen molar-refractivity contribution < 1.29 is 9.26 Å². The smallest absolute Gasteiger partial charge is 0.169 e. The highest BCUT2D eigenvalue weighted by Gasteiger charge is 2.44. The van der Waals surface area contributed by atoms with Gasteiger partial charge < -0.3 is 15.0 Å². The molecule has 0 spiro atoms. The second kappa shape index (κ2) is 3.60. The van der Waals surface area contributed by atoms with Crippen LogP contribution in [0.1, 0.15) is 18.4 Å². The Bertz CT molecular complexity index is 527. The summed E-state index contributed by atoms with van der Waals surface area (Å²) < 4.78 is 10.6. The van der Waals surface area contributed by atoms with Crippen LogP contribution >= 0.6 is 0 Å². The quantitative estimate of drug-likeness (QED) is 0.880. The van der Waals surface area contributed by atoms with E-state index in [9.17, 15) is 0 Å². The van der Waals surface area contributed by atoms with Gasteiger partial charge in [0.25, 0.3) is 0 Å². The van der Waals surface area contributed by atoms with Crippen LogP contribution in [0, 0.1) is 0 Å². The number of hydrogen-bond acceptors (Lipinski definition) is 4. The Morgan fingerprint density at radius 1 is 1.29 bits per heavy atom. The van der Waals surface area contributed by atoms with E-state index in [1.807, 2.05) is 12.1 Å². The summed E-state index contributed by atoms with van der Waals surface area (Å²) in [6, 6.07) is 9.88. The average Bonchev–Trinajstić information content (AvgIpc) is 3.06. The van der Waals surface area contributed by atoms with Crippen molar-refractivity contribution in [1.29, 1.82) is 0 Å². The van der Waals surface area contributed by atoms with Gasteiger partial charge in [0.05, 0.1) is 5.60 Å². The minimum Gasteiger partial charge on any atom is -0.381 e. The minimum atomic E-state index is -0.0427. The molecule has 0 radical (unpaired) electrons. The van der Waals surface area contributed by atoms with Gasteiger partial charge in [-0.05, 0) is 18.4 Å². The Morgan fingerprint density at radius 3 is 2.47 bits per heavy atom. The molecule has 1 saturated carbocycles. The van der Waals surface area contributed by atoms with Crippen LogP contribution in [0.3, 0.4) is 0 Å². The molecule has 0 bridgehead atoms. The number of nitrogen functional groups attached to an aromatic ring is 1. The summed E-state index contributed by atoms with van der Waals surface area (Å²) in [6.45, 7) is 0. The summed E-state index contributed by atoms with van der Waals surface area (Å²) in [4.78, 5) is 0. The van der Waals surface area contributed by atoms with Gasteiger partial charge in [0.1, 0.15) is 0 Å². The van der Waals surface area contributed by atoms with Crippen molar-refractivity contribution in [3.63, 3.8) is 0 Å². The minimum absolute atomic E-state index is 0.0427. The SMILES string of the molecule is COC1(c2ccc(-c3cc(N)no3)cc2)CC1. The van der Waals surface area contributed by atoms with E-state index in [1.54, 1.807) is 13.2 Å². The van der Waals surface area contributed by atoms with E-state index >= 15 is 0 Å². The van der Waals surface area contributed by atoms with Crippen molar-refractivity contribution in [2.45, 2.75) is 18.4 Å². The van der Waals surface area contributed by atoms with E-state index in [0.717, 1.165) is 18.4 Å². The van der Waals surface area contributed by atoms with Gasteiger partial charge in [0.2, 0.25) is 0 Å². The molecule has 88 valence electrons. The highest BCUT2D eigenvalue weighted by atomic mass is 16.5. The lowest BCUT2D eigenvalue weighted by atomic mass is 10.0. The molecule has 1 aromatic carbocycles. The molecule has 1 aromatic heterocycles. The first-order chi connectivity index (χ1) is 8.23. The zero-order chi connectivity index (χ0) is 11.9. The lowest BCUT2D eigenvalue weighted by Gasteiger charge is -2.13. The second-order valence-electron chi connectivity index (χ2n) is 4.39. The van der Waals surface area contributed by atoms with E-state index in [1.165, 1.54) is 5.56 Å². The molecule has 1 fully saturated rings. The fourth-order valence-electron chi connectivity index (χ4n) is 2.09. The molecule has 2 N–H and O–H groups in total. The van der Waals surface area contributed by atoms with Crippen molar-refractivity contribution >= 4 is 5.82 Å². The zero-order valence-corrected chi connectivity index (χ0v) is 9.64. The number of methoxy groups -OCH3 is 1. The van der Waals surface area contributed by atoms with Crippen LogP contribution < -0.4 is 5.73 Å². The maximum Gasteiger partial charge on any atom is 0.169 e. The highest BCUT2D eigenvalue weighted by molar-refractivity contribution is 5.60. The average molecular weight is 230 g/mol. The van der Waals surface area contributed by atoms with Gasteiger partial charge >= 0.3 is 0 Å². The number of nitrogens with zero attached hydrogens (tertiary/aromatic N) is 1. The maximum atomic E-state index is 5.53. The standard InChI is InChI=1S/C13H14N2O2/c1-16-13(6-7-13)10-4-2-9(3-5-10)11-8-12(14)15-17-11/h2-5,8H,6-7H2,1H3,(H2,14,15). The lowest BCUT2D eigenvalue weighted by Crippen LogP contribution is -2.08. The summed E-state index contributed by atoms with van der Waals surface area (Å²) in [7, 11) is 1.76. The predicted octanol–water partition coefficient (Wildman–Crippen LogP) is 2.56. The van der Waals surface area contributed by atoms with Gasteiger partial charge in [-0.3, -0.25) is 0 Å². The van der Waals surface area contributed by atoms with Gasteiger partial charge in [-0.2, -0.15) is 0 Å². The number of nitrogens with two attached hydrogens (primary N) is 1. The largest absolute Gasteiger partial charge is 0.381 e. The van der Waals surface area contributed by atoms with Crippen LogP contribution in [0.25, 0.3) is 11.3 Å². The molecule has 2 aromatic rings. The van der Waals surface area contributed by atoms with Crippen molar-refractivity contribution in [1.82, 2.24) is 5.16 Å². The molecule has 0 amide bonds. The van der Waals surface area contributed by atoms with Crippen molar-refractivity contribution in [3.05, 3.63) is 35.9 Å². The van der Waals surface area contributed by atoms with Gasteiger partial charge in [-0.15, -0.1) is 0 Å². The van der Waals surface area contributed by atoms with Crippen molar-refractivity contribution in [3.8, 4) is 11.3 Å². The zero-order valence-electron chi connectivity index (χ0n) is 9.64. The normalized spacial score (nSPS) is 17.0. The van der Waals surface area contributed by atoms with Crippen LogP contribution in [-0.4, -0.2) is 12.3 Å². The molecule has 0 saturated heterocycles. The summed E-state index contributed by atoms with van der Waals surface area (Å²) >= 11 is 0. The number of benzene rings is 1. The number of anilines is 1. The van der Waals surface area contributed by atoms with Gasteiger partial charge in [0.15, 0.2) is 11.6 Å². The predicted molar refractivity (Wildman–Crippen MR) is 64.3 cm³/mol. The Morgan fingerprint density at radius 2 is 2.00 bits per heavy atom. The van der Waals surface area contributed by atoms with E-state index in [4.69, 9.17) is 15.0 Å². The summed E-state index contributed by atoms with van der Waals surface area (Å²) in [5, 5.41) is 3.67. The van der Waals surface area contributed by atoms with E-state index in [2.05, 4.69) is 17.3 Å². The molecule has 1 aliphatic rings. The number of aromatic nitrogens is 1. The van der Waals surface area contributed by atoms with E-state index in [0.29, 0.717) is 11.6 Å². The Labute approximate surface area is 99.4 Å². The topological polar surface area (TPSA) is 61.3 Å². The maximum absolute atomic E-state index is 5.53. The third-order valence-electron chi connectivity index (χ3n) is 3.32. The molecule has 0 atom stereocenters. The van der Waals surface area contributed by atoms with Crippen LogP contribution in [0.15, 0.2) is 34.9 Å². The number of rotatable bonds is 3. The van der Waals surface area contributed by atoms with Crippen LogP contribution in [0.5, 0.6) is 0 Å². The van der Waals surface area contributed by atoms with Crippen molar-refractivity contribution in [2.24, 2.45) is 0 Å². The van der Waals surface area contributed by atoms with Gasteiger partial charge in [-0.25, -0.2) is 0 Å². The molecule has 0 unspecified atom stereocenters. The highest BCUT2D eigenvalue weighted by Crippen LogP contribution is 2.48. The molecule has 1 heterocycles. The summed E-state index contributed by atoms with van der Waals surface area (Å²) in [5.41, 5.74) is 7.67. The molecule has 4 nitrogen and oxygen atoms in total. The Hall–Kier alpha value is -1.81. The van der Waals surface area contributed by atoms with Crippen LogP contribution in [0.2, 0.25) is 0 Å². The van der Waals surface area contributed by atoms with Crippen molar-refractivity contribution in [2.75, 3.05) is 12.8 Å². The molecular formula is C13H14N2O2. The third kappa shape index (κ3) is 1.70. The fourth-order valence-corrected chi connectivity index (χ4v) is 2.09. The van der Waals surface area contributed by atoms with E-state index < -0.39 is 0 Å². The van der Waals surface area contributed by atoms with Crippen LogP contribution in [-0.2, 0) is 10.3 Å². The Balaban J connectivity index is 1.90. The monoisotopic (exact) mass is 230 g/mol. The van der Waals surface area contributed by atoms with Gasteiger partial charge in [-0.1, -0.05) is 29.4 Å². The molecule has 1 aliphatic carbocycles. The number of hydrogen-bond donors (Lipinski definition) is 1. The second-order valence-corrected chi connectivity index (χ2v) is 4.39. The van der Waals surface area contributed by atoms with Gasteiger partial charge in [0, 0.05) is 18.7 Å². The molecule has 3 rings (SSSR count). The molecule has 0 aliphatic heterocycles. The lowest BCUT2D eigenvalue weighted by molar-refractivity contribution is 0.0789. The fraction of sp³-hybridized carbons (Fsp3) is 0.308. The Kier molecular flexibility index (Phi) is 2.19. The first kappa shape index (κ1) is 10.4. The third-order valence-corrected chi connectivity index (χ3v) is 3.32. The van der Waals surface area contributed by atoms with Crippen LogP contribution in [0.4, 0.5) is 5.82 Å².